The minimum absolute atomic E-state index is 0.182. The van der Waals surface area contributed by atoms with Crippen molar-refractivity contribution < 1.29 is 44.1 Å². The molecular weight excluding hydrogens is 478 g/mol. The van der Waals surface area contributed by atoms with Gasteiger partial charge in [-0.05, 0) is 24.5 Å². The number of aliphatic carboxylic acids is 3. The molecular formula is C22H27N5O9. The molecule has 0 aliphatic heterocycles. The zero-order chi connectivity index (χ0) is 26.8. The number of fused-ring (bicyclic) bond motifs is 1. The van der Waals surface area contributed by atoms with Crippen LogP contribution in [0.2, 0.25) is 0 Å². The highest BCUT2D eigenvalue weighted by Gasteiger charge is 2.28. The van der Waals surface area contributed by atoms with Crippen molar-refractivity contribution >= 4 is 46.5 Å². The van der Waals surface area contributed by atoms with Gasteiger partial charge in [-0.2, -0.15) is 0 Å². The summed E-state index contributed by atoms with van der Waals surface area (Å²) < 4.78 is 0. The molecule has 0 saturated heterocycles. The molecule has 2 rings (SSSR count). The largest absolute Gasteiger partial charge is 0.481 e. The summed E-state index contributed by atoms with van der Waals surface area (Å²) in [5, 5.41) is 34.2. The summed E-state index contributed by atoms with van der Waals surface area (Å²) >= 11 is 0. The molecule has 1 aromatic heterocycles. The number of rotatable bonds is 14. The van der Waals surface area contributed by atoms with E-state index in [9.17, 15) is 28.8 Å². The number of aromatic amines is 1. The normalized spacial score (nSPS) is 13.2. The molecule has 0 saturated carbocycles. The van der Waals surface area contributed by atoms with Gasteiger partial charge in [0, 0.05) is 23.5 Å². The number of nitrogens with two attached hydrogens (primary N) is 1. The van der Waals surface area contributed by atoms with Gasteiger partial charge in [0.2, 0.25) is 17.7 Å². The van der Waals surface area contributed by atoms with Gasteiger partial charge in [-0.3, -0.25) is 24.0 Å². The Hall–Kier alpha value is -4.46. The van der Waals surface area contributed by atoms with Crippen LogP contribution in [0.3, 0.4) is 0 Å². The van der Waals surface area contributed by atoms with Crippen LogP contribution in [0.5, 0.6) is 0 Å². The van der Waals surface area contributed by atoms with E-state index in [0.717, 1.165) is 16.5 Å². The Morgan fingerprint density at radius 1 is 0.917 bits per heavy atom. The number of nitrogens with one attached hydrogen (secondary N) is 4. The predicted octanol–water partition coefficient (Wildman–Crippen LogP) is -1.45. The summed E-state index contributed by atoms with van der Waals surface area (Å²) in [4.78, 5) is 73.1. The van der Waals surface area contributed by atoms with Gasteiger partial charge in [0.15, 0.2) is 0 Å². The molecule has 3 amide bonds. The maximum absolute atomic E-state index is 12.4. The first-order chi connectivity index (χ1) is 17.0. The monoisotopic (exact) mass is 505 g/mol. The fourth-order valence-electron chi connectivity index (χ4n) is 3.36. The summed E-state index contributed by atoms with van der Waals surface area (Å²) in [5.41, 5.74) is 7.63. The van der Waals surface area contributed by atoms with E-state index in [0.29, 0.717) is 0 Å². The number of carboxylic acids is 3. The third-order valence-electron chi connectivity index (χ3n) is 5.17. The van der Waals surface area contributed by atoms with Crippen LogP contribution in [0.1, 0.15) is 24.8 Å². The molecule has 14 nitrogen and oxygen atoms in total. The van der Waals surface area contributed by atoms with E-state index in [-0.39, 0.29) is 6.42 Å². The smallest absolute Gasteiger partial charge is 0.326 e. The first kappa shape index (κ1) is 27.8. The molecule has 14 heteroatoms. The van der Waals surface area contributed by atoms with Crippen LogP contribution >= 0.6 is 0 Å². The van der Waals surface area contributed by atoms with Crippen molar-refractivity contribution in [3.63, 3.8) is 0 Å². The Morgan fingerprint density at radius 3 is 2.25 bits per heavy atom. The molecule has 3 unspecified atom stereocenters. The van der Waals surface area contributed by atoms with Crippen molar-refractivity contribution in [3.8, 4) is 0 Å². The van der Waals surface area contributed by atoms with E-state index in [1.165, 1.54) is 0 Å². The number of carboxylic acid groups (broad SMARTS) is 3. The molecule has 9 N–H and O–H groups in total. The maximum atomic E-state index is 12.4. The Bertz CT molecular complexity index is 1150. The lowest BCUT2D eigenvalue weighted by atomic mass is 10.1. The average Bonchev–Trinajstić information content (AvgIpc) is 3.21. The topological polar surface area (TPSA) is 241 Å². The van der Waals surface area contributed by atoms with E-state index >= 15 is 0 Å². The summed E-state index contributed by atoms with van der Waals surface area (Å²) in [6, 6.07) is 3.16. The van der Waals surface area contributed by atoms with Gasteiger partial charge in [0.25, 0.3) is 0 Å². The first-order valence-electron chi connectivity index (χ1n) is 10.8. The van der Waals surface area contributed by atoms with Crippen LogP contribution in [0.15, 0.2) is 30.5 Å². The summed E-state index contributed by atoms with van der Waals surface area (Å²) in [5.74, 6) is -6.97. The molecule has 194 valence electrons. The number of para-hydroxylation sites is 1. The number of carbonyl (C=O) groups is 6. The second-order valence-corrected chi connectivity index (χ2v) is 7.94. The number of hydrogen-bond acceptors (Lipinski definition) is 7. The maximum Gasteiger partial charge on any atom is 0.326 e. The first-order valence-corrected chi connectivity index (χ1v) is 10.8. The molecule has 0 fully saturated rings. The zero-order valence-corrected chi connectivity index (χ0v) is 19.0. The molecule has 36 heavy (non-hydrogen) atoms. The van der Waals surface area contributed by atoms with E-state index in [1.807, 2.05) is 29.6 Å². The minimum atomic E-state index is -1.79. The lowest BCUT2D eigenvalue weighted by Crippen LogP contribution is -2.54. The standard InChI is InChI=1S/C22H27N5O9/c23-13(7-11-9-24-14-4-2-1-3-12(11)14)20(33)25-10-17(28)26-15(5-6-18(29)30)21(34)27-16(22(35)36)8-19(31)32/h1-4,9,13,15-16,24H,5-8,10,23H2,(H,25,33)(H,26,28)(H,27,34)(H,29,30)(H,31,32)(H,35,36). The number of H-pyrrole nitrogens is 1. The average molecular weight is 505 g/mol. The minimum Gasteiger partial charge on any atom is -0.481 e. The van der Waals surface area contributed by atoms with Gasteiger partial charge in [0.05, 0.1) is 19.0 Å². The Kier molecular flexibility index (Phi) is 9.92. The van der Waals surface area contributed by atoms with Crippen molar-refractivity contribution in [1.82, 2.24) is 20.9 Å². The van der Waals surface area contributed by atoms with E-state index < -0.39 is 79.6 Å². The van der Waals surface area contributed by atoms with Gasteiger partial charge in [-0.15, -0.1) is 0 Å². The number of aromatic nitrogens is 1. The Morgan fingerprint density at radius 2 is 1.61 bits per heavy atom. The Labute approximate surface area is 204 Å². The molecule has 0 aliphatic rings. The quantitative estimate of drug-likeness (QED) is 0.148. The number of hydrogen-bond donors (Lipinski definition) is 8. The second kappa shape index (κ2) is 12.9. The molecule has 0 spiro atoms. The fourth-order valence-corrected chi connectivity index (χ4v) is 3.36. The molecule has 3 atom stereocenters. The van der Waals surface area contributed by atoms with Crippen LogP contribution in [-0.4, -0.2) is 80.6 Å². The van der Waals surface area contributed by atoms with Crippen LogP contribution in [0, 0.1) is 0 Å². The van der Waals surface area contributed by atoms with Crippen molar-refractivity contribution in [2.45, 2.75) is 43.8 Å². The van der Waals surface area contributed by atoms with E-state index in [4.69, 9.17) is 21.1 Å². The highest BCUT2D eigenvalue weighted by Crippen LogP contribution is 2.18. The van der Waals surface area contributed by atoms with E-state index in [2.05, 4.69) is 15.6 Å². The molecule has 0 radical (unpaired) electrons. The number of benzene rings is 1. The lowest BCUT2D eigenvalue weighted by Gasteiger charge is -2.21. The number of carbonyl (C=O) groups excluding carboxylic acids is 3. The van der Waals surface area contributed by atoms with Crippen LogP contribution in [0.4, 0.5) is 0 Å². The molecule has 0 bridgehead atoms. The van der Waals surface area contributed by atoms with Gasteiger partial charge in [-0.1, -0.05) is 18.2 Å². The van der Waals surface area contributed by atoms with Crippen molar-refractivity contribution in [1.29, 1.82) is 0 Å². The van der Waals surface area contributed by atoms with E-state index in [1.54, 1.807) is 6.20 Å². The van der Waals surface area contributed by atoms with Gasteiger partial charge >= 0.3 is 17.9 Å². The SMILES string of the molecule is NC(Cc1c[nH]c2ccccc12)C(=O)NCC(=O)NC(CCC(=O)O)C(=O)NC(CC(=O)O)C(=O)O. The summed E-state index contributed by atoms with van der Waals surface area (Å²) in [7, 11) is 0. The third-order valence-corrected chi connectivity index (χ3v) is 5.17. The number of amides is 3. The zero-order valence-electron chi connectivity index (χ0n) is 19.0. The van der Waals surface area contributed by atoms with Crippen LogP contribution < -0.4 is 21.7 Å². The molecule has 2 aromatic rings. The fraction of sp³-hybridized carbons (Fsp3) is 0.364. The Balaban J connectivity index is 1.94. The highest BCUT2D eigenvalue weighted by molar-refractivity contribution is 5.93. The van der Waals surface area contributed by atoms with Gasteiger partial charge in [0.1, 0.15) is 12.1 Å². The summed E-state index contributed by atoms with van der Waals surface area (Å²) in [6.45, 7) is -0.589. The molecule has 0 aliphatic carbocycles. The van der Waals surface area contributed by atoms with Crippen LogP contribution in [0.25, 0.3) is 10.9 Å². The van der Waals surface area contributed by atoms with Crippen LogP contribution in [-0.2, 0) is 35.2 Å². The van der Waals surface area contributed by atoms with Gasteiger partial charge < -0.3 is 42.0 Å². The summed E-state index contributed by atoms with van der Waals surface area (Å²) in [6.07, 6.45) is 0.0362. The molecule has 1 heterocycles. The van der Waals surface area contributed by atoms with Crippen molar-refractivity contribution in [3.05, 3.63) is 36.0 Å². The van der Waals surface area contributed by atoms with Gasteiger partial charge in [-0.25, -0.2) is 4.79 Å². The second-order valence-electron chi connectivity index (χ2n) is 7.94. The van der Waals surface area contributed by atoms with Crippen molar-refractivity contribution in [2.75, 3.05) is 6.54 Å². The lowest BCUT2D eigenvalue weighted by molar-refractivity contribution is -0.147. The molecule has 1 aromatic carbocycles. The highest BCUT2D eigenvalue weighted by atomic mass is 16.4. The van der Waals surface area contributed by atoms with Crippen molar-refractivity contribution in [2.24, 2.45) is 5.73 Å². The third kappa shape index (κ3) is 8.39. The predicted molar refractivity (Wildman–Crippen MR) is 124 cm³/mol.